The van der Waals surface area contributed by atoms with Gasteiger partial charge in [-0.15, -0.1) is 0 Å². The fourth-order valence-electron chi connectivity index (χ4n) is 2.64. The quantitative estimate of drug-likeness (QED) is 0.503. The summed E-state index contributed by atoms with van der Waals surface area (Å²) in [6.45, 7) is 0.302. The molecule has 1 fully saturated rings. The van der Waals surface area contributed by atoms with Crippen molar-refractivity contribution in [1.29, 1.82) is 0 Å². The lowest BCUT2D eigenvalue weighted by atomic mass is 9.93. The van der Waals surface area contributed by atoms with Gasteiger partial charge in [0, 0.05) is 27.7 Å². The molecule has 1 aliphatic rings. The van der Waals surface area contributed by atoms with E-state index in [0.717, 1.165) is 45.9 Å². The van der Waals surface area contributed by atoms with Crippen LogP contribution in [0.25, 0.3) is 0 Å². The van der Waals surface area contributed by atoms with Gasteiger partial charge in [0.05, 0.1) is 18.4 Å². The Morgan fingerprint density at radius 3 is 2.61 bits per heavy atom. The van der Waals surface area contributed by atoms with Gasteiger partial charge in [0.15, 0.2) is 0 Å². The average Bonchev–Trinajstić information content (AvgIpc) is 2.52. The molecule has 0 aliphatic heterocycles. The maximum absolute atomic E-state index is 9.57. The zero-order valence-electron chi connectivity index (χ0n) is 12.8. The van der Waals surface area contributed by atoms with Crippen molar-refractivity contribution in [2.24, 2.45) is 4.99 Å². The second kappa shape index (κ2) is 9.25. The molecule has 0 heterocycles. The van der Waals surface area contributed by atoms with Crippen LogP contribution in [0.3, 0.4) is 0 Å². The van der Waals surface area contributed by atoms with Crippen molar-refractivity contribution in [3.63, 3.8) is 0 Å². The van der Waals surface area contributed by atoms with E-state index >= 15 is 0 Å². The van der Waals surface area contributed by atoms with E-state index in [1.165, 1.54) is 6.21 Å². The number of rotatable bonds is 6. The molecule has 128 valence electrons. The maximum atomic E-state index is 9.57. The van der Waals surface area contributed by atoms with Crippen molar-refractivity contribution in [3.8, 4) is 0 Å². The number of nitrogens with zero attached hydrogens (tertiary/aromatic N) is 1. The van der Waals surface area contributed by atoms with Gasteiger partial charge in [-0.1, -0.05) is 15.9 Å². The summed E-state index contributed by atoms with van der Waals surface area (Å²) in [5, 5.41) is 31.4. The van der Waals surface area contributed by atoms with Crippen LogP contribution in [0, 0.1) is 0 Å². The van der Waals surface area contributed by atoms with Gasteiger partial charge in [-0.25, -0.2) is 0 Å². The van der Waals surface area contributed by atoms with Crippen molar-refractivity contribution < 1.29 is 15.3 Å². The van der Waals surface area contributed by atoms with Crippen molar-refractivity contribution in [2.75, 3.05) is 6.61 Å². The summed E-state index contributed by atoms with van der Waals surface area (Å²) in [6, 6.07) is 4.29. The van der Waals surface area contributed by atoms with Crippen LogP contribution in [0.4, 0.5) is 5.69 Å². The Hall–Kier alpha value is -0.310. The molecule has 4 N–H and O–H groups in total. The SMILES string of the molecule is OCC(O)C=Nc1c(Br)cc(Br)cc1CNC1CCC(O)CC1. The average molecular weight is 450 g/mol. The molecule has 1 aromatic carbocycles. The van der Waals surface area contributed by atoms with E-state index in [1.54, 1.807) is 0 Å². The van der Waals surface area contributed by atoms with Crippen LogP contribution in [0.1, 0.15) is 31.2 Å². The Bertz CT molecular complexity index is 546. The van der Waals surface area contributed by atoms with Gasteiger partial charge in [-0.3, -0.25) is 4.99 Å². The monoisotopic (exact) mass is 448 g/mol. The van der Waals surface area contributed by atoms with Crippen LogP contribution in [0.2, 0.25) is 0 Å². The van der Waals surface area contributed by atoms with Crippen molar-refractivity contribution >= 4 is 43.8 Å². The lowest BCUT2D eigenvalue weighted by Crippen LogP contribution is -2.34. The zero-order valence-corrected chi connectivity index (χ0v) is 15.9. The highest BCUT2D eigenvalue weighted by atomic mass is 79.9. The highest BCUT2D eigenvalue weighted by Gasteiger charge is 2.19. The Kier molecular flexibility index (Phi) is 7.65. The Labute approximate surface area is 153 Å². The molecule has 1 atom stereocenters. The molecule has 0 spiro atoms. The van der Waals surface area contributed by atoms with Crippen molar-refractivity contribution in [3.05, 3.63) is 26.6 Å². The minimum atomic E-state index is -0.966. The number of aliphatic imine (C=N–C) groups is 1. The van der Waals surface area contributed by atoms with Crippen molar-refractivity contribution in [1.82, 2.24) is 5.32 Å². The lowest BCUT2D eigenvalue weighted by molar-refractivity contribution is 0.116. The van der Waals surface area contributed by atoms with E-state index in [9.17, 15) is 10.2 Å². The van der Waals surface area contributed by atoms with E-state index < -0.39 is 6.10 Å². The number of hydrogen-bond donors (Lipinski definition) is 4. The molecule has 0 bridgehead atoms. The number of benzene rings is 1. The fraction of sp³-hybridized carbons (Fsp3) is 0.562. The summed E-state index contributed by atoms with van der Waals surface area (Å²) < 4.78 is 1.77. The predicted octanol–water partition coefficient (Wildman–Crippen LogP) is 2.66. The third kappa shape index (κ3) is 5.92. The Morgan fingerprint density at radius 1 is 1.26 bits per heavy atom. The molecule has 23 heavy (non-hydrogen) atoms. The normalized spacial score (nSPS) is 23.3. The van der Waals surface area contributed by atoms with Gasteiger partial charge < -0.3 is 20.6 Å². The molecular formula is C16H22Br2N2O3. The van der Waals surface area contributed by atoms with Crippen LogP contribution >= 0.6 is 31.9 Å². The molecule has 0 saturated heterocycles. The molecule has 1 saturated carbocycles. The highest BCUT2D eigenvalue weighted by Crippen LogP contribution is 2.33. The molecule has 7 heteroatoms. The summed E-state index contributed by atoms with van der Waals surface area (Å²) in [4.78, 5) is 4.31. The number of aliphatic hydroxyl groups is 3. The Balaban J connectivity index is 2.08. The molecule has 2 rings (SSSR count). The molecular weight excluding hydrogens is 428 g/mol. The summed E-state index contributed by atoms with van der Waals surface area (Å²) in [5.41, 5.74) is 1.74. The fourth-order valence-corrected chi connectivity index (χ4v) is 4.06. The first-order valence-corrected chi connectivity index (χ1v) is 9.30. The first-order valence-electron chi connectivity index (χ1n) is 7.72. The number of halogens is 2. The molecule has 0 amide bonds. The number of aliphatic hydroxyl groups excluding tert-OH is 3. The van der Waals surface area contributed by atoms with Gasteiger partial charge in [-0.05, 0) is 59.3 Å². The summed E-state index contributed by atoms with van der Waals surface area (Å²) in [5.74, 6) is 0. The van der Waals surface area contributed by atoms with Crippen LogP contribution in [0.15, 0.2) is 26.1 Å². The van der Waals surface area contributed by atoms with Crippen LogP contribution in [-0.4, -0.2) is 46.4 Å². The molecule has 1 aromatic rings. The molecule has 5 nitrogen and oxygen atoms in total. The summed E-state index contributed by atoms with van der Waals surface area (Å²) in [7, 11) is 0. The smallest absolute Gasteiger partial charge is 0.112 e. The number of nitrogens with one attached hydrogen (secondary N) is 1. The highest BCUT2D eigenvalue weighted by molar-refractivity contribution is 9.11. The second-order valence-electron chi connectivity index (χ2n) is 5.81. The molecule has 1 unspecified atom stereocenters. The van der Waals surface area contributed by atoms with E-state index in [-0.39, 0.29) is 12.7 Å². The summed E-state index contributed by atoms with van der Waals surface area (Å²) in [6.07, 6.45) is 3.84. The van der Waals surface area contributed by atoms with Crippen molar-refractivity contribution in [2.45, 2.75) is 50.5 Å². The zero-order chi connectivity index (χ0) is 16.8. The van der Waals surface area contributed by atoms with Crippen LogP contribution < -0.4 is 5.32 Å². The third-order valence-corrected chi connectivity index (χ3v) is 5.01. The Morgan fingerprint density at radius 2 is 1.96 bits per heavy atom. The topological polar surface area (TPSA) is 85.1 Å². The van der Waals surface area contributed by atoms with E-state index in [2.05, 4.69) is 42.2 Å². The van der Waals surface area contributed by atoms with E-state index in [1.807, 2.05) is 12.1 Å². The first-order chi connectivity index (χ1) is 11.0. The first kappa shape index (κ1) is 19.0. The number of hydrogen-bond acceptors (Lipinski definition) is 5. The third-order valence-electron chi connectivity index (χ3n) is 3.95. The minimum absolute atomic E-state index is 0.159. The second-order valence-corrected chi connectivity index (χ2v) is 7.58. The van der Waals surface area contributed by atoms with Gasteiger partial charge in [0.25, 0.3) is 0 Å². The summed E-state index contributed by atoms with van der Waals surface area (Å²) >= 11 is 6.98. The van der Waals surface area contributed by atoms with Gasteiger partial charge in [0.2, 0.25) is 0 Å². The van der Waals surface area contributed by atoms with Crippen LogP contribution in [0.5, 0.6) is 0 Å². The van der Waals surface area contributed by atoms with Gasteiger partial charge in [-0.2, -0.15) is 0 Å². The maximum Gasteiger partial charge on any atom is 0.112 e. The predicted molar refractivity (Wildman–Crippen MR) is 98.2 cm³/mol. The minimum Gasteiger partial charge on any atom is -0.393 e. The lowest BCUT2D eigenvalue weighted by Gasteiger charge is -2.26. The molecule has 0 aromatic heterocycles. The van der Waals surface area contributed by atoms with E-state index in [4.69, 9.17) is 5.11 Å². The van der Waals surface area contributed by atoms with Gasteiger partial charge >= 0.3 is 0 Å². The standard InChI is InChI=1S/C16H22Br2N2O3/c17-11-5-10(7-19-12-1-3-13(22)4-2-12)16(15(18)6-11)20-8-14(23)9-21/h5-6,8,12-14,19,21-23H,1-4,7,9H2. The molecule has 0 radical (unpaired) electrons. The van der Waals surface area contributed by atoms with Crippen LogP contribution in [-0.2, 0) is 6.54 Å². The largest absolute Gasteiger partial charge is 0.393 e. The van der Waals surface area contributed by atoms with E-state index in [0.29, 0.717) is 12.6 Å². The van der Waals surface area contributed by atoms with Gasteiger partial charge in [0.1, 0.15) is 6.10 Å². The molecule has 1 aliphatic carbocycles.